The van der Waals surface area contributed by atoms with E-state index in [1.807, 2.05) is 24.3 Å². The fourth-order valence-electron chi connectivity index (χ4n) is 3.85. The van der Waals surface area contributed by atoms with Crippen molar-refractivity contribution in [3.05, 3.63) is 112 Å². The summed E-state index contributed by atoms with van der Waals surface area (Å²) in [5.41, 5.74) is 3.97. The summed E-state index contributed by atoms with van der Waals surface area (Å²) < 4.78 is 42.3. The molecule has 0 saturated carbocycles. The predicted octanol–water partition coefficient (Wildman–Crippen LogP) is 5.13. The molecule has 0 fully saturated rings. The number of fused-ring (bicyclic) bond motifs is 1. The van der Waals surface area contributed by atoms with Gasteiger partial charge in [0.25, 0.3) is 15.6 Å². The van der Waals surface area contributed by atoms with Crippen LogP contribution < -0.4 is 10.3 Å². The number of hydrogen-bond acceptors (Lipinski definition) is 3. The van der Waals surface area contributed by atoms with Gasteiger partial charge in [0.2, 0.25) is 0 Å². The van der Waals surface area contributed by atoms with Gasteiger partial charge < -0.3 is 4.57 Å². The summed E-state index contributed by atoms with van der Waals surface area (Å²) in [4.78, 5) is 12.7. The molecule has 4 aromatic rings. The molecule has 3 aromatic carbocycles. The fraction of sp³-hybridized carbons (Fsp3) is 0.115. The van der Waals surface area contributed by atoms with Crippen LogP contribution in [-0.2, 0) is 23.5 Å². The van der Waals surface area contributed by atoms with Crippen molar-refractivity contribution in [3.63, 3.8) is 0 Å². The molecule has 33 heavy (non-hydrogen) atoms. The second-order valence-electron chi connectivity index (χ2n) is 7.95. The molecule has 0 bridgehead atoms. The van der Waals surface area contributed by atoms with Crippen LogP contribution in [0.5, 0.6) is 0 Å². The minimum absolute atomic E-state index is 0.125. The zero-order valence-electron chi connectivity index (χ0n) is 18.3. The number of aromatic nitrogens is 1. The van der Waals surface area contributed by atoms with Gasteiger partial charge in [-0.3, -0.25) is 9.52 Å². The lowest BCUT2D eigenvalue weighted by atomic mass is 9.92. The van der Waals surface area contributed by atoms with Crippen molar-refractivity contribution in [2.75, 3.05) is 4.72 Å². The first-order valence-electron chi connectivity index (χ1n) is 10.3. The number of anilines is 1. The van der Waals surface area contributed by atoms with Gasteiger partial charge in [-0.25, -0.2) is 12.8 Å². The van der Waals surface area contributed by atoms with Crippen LogP contribution in [0.4, 0.5) is 10.1 Å². The molecule has 1 heterocycles. The highest BCUT2D eigenvalue weighted by Crippen LogP contribution is 2.33. The van der Waals surface area contributed by atoms with E-state index < -0.39 is 10.0 Å². The number of halogens is 1. The average Bonchev–Trinajstić information content (AvgIpc) is 2.79. The van der Waals surface area contributed by atoms with Gasteiger partial charge in [0.15, 0.2) is 0 Å². The third-order valence-corrected chi connectivity index (χ3v) is 6.56. The Hall–Kier alpha value is -3.71. The molecule has 168 valence electrons. The molecule has 4 rings (SSSR count). The van der Waals surface area contributed by atoms with E-state index in [0.717, 1.165) is 33.0 Å². The van der Waals surface area contributed by atoms with Crippen molar-refractivity contribution in [2.24, 2.45) is 7.05 Å². The van der Waals surface area contributed by atoms with E-state index in [1.54, 1.807) is 50.5 Å². The van der Waals surface area contributed by atoms with Crippen LogP contribution >= 0.6 is 0 Å². The van der Waals surface area contributed by atoms with E-state index in [0.29, 0.717) is 23.1 Å². The van der Waals surface area contributed by atoms with E-state index in [9.17, 15) is 17.6 Å². The molecule has 0 spiro atoms. The van der Waals surface area contributed by atoms with Crippen LogP contribution in [0.2, 0.25) is 0 Å². The van der Waals surface area contributed by atoms with E-state index in [1.165, 1.54) is 10.6 Å². The first-order valence-corrected chi connectivity index (χ1v) is 11.8. The van der Waals surface area contributed by atoms with Gasteiger partial charge in [0.05, 0.1) is 0 Å². The zero-order valence-corrected chi connectivity index (χ0v) is 19.1. The van der Waals surface area contributed by atoms with Gasteiger partial charge in [0, 0.05) is 35.3 Å². The van der Waals surface area contributed by atoms with Crippen LogP contribution in [-0.4, -0.2) is 13.0 Å². The maximum absolute atomic E-state index is 14.2. The summed E-state index contributed by atoms with van der Waals surface area (Å²) in [6.45, 7) is 5.05. The Labute approximate surface area is 191 Å². The molecular weight excluding hydrogens is 439 g/mol. The maximum atomic E-state index is 14.2. The summed E-state index contributed by atoms with van der Waals surface area (Å²) in [5.74, 6) is -0.281. The molecule has 5 nitrogen and oxygen atoms in total. The standard InChI is InChI=1S/C26H23FN2O3S/c1-4-33(31,32)28-20-12-11-19(13-18-10-9-17(2)25(27)14-18)23(15-20)24-16-29(3)26(30)22-8-6-5-7-21(22)24/h4-12,14-16,28H,1,13H2,2-3H3. The largest absolute Gasteiger partial charge is 0.317 e. The second-order valence-corrected chi connectivity index (χ2v) is 9.58. The molecular formula is C26H23FN2O3S. The first-order chi connectivity index (χ1) is 15.7. The number of rotatable bonds is 6. The number of sulfonamides is 1. The van der Waals surface area contributed by atoms with Crippen LogP contribution in [0.1, 0.15) is 16.7 Å². The highest BCUT2D eigenvalue weighted by Gasteiger charge is 2.15. The summed E-state index contributed by atoms with van der Waals surface area (Å²) in [5, 5.41) is 2.15. The van der Waals surface area contributed by atoms with Crippen molar-refractivity contribution in [3.8, 4) is 11.1 Å². The number of nitrogens with zero attached hydrogens (tertiary/aromatic N) is 1. The highest BCUT2D eigenvalue weighted by molar-refractivity contribution is 7.95. The van der Waals surface area contributed by atoms with Crippen molar-refractivity contribution in [1.29, 1.82) is 0 Å². The lowest BCUT2D eigenvalue weighted by Crippen LogP contribution is -2.16. The SMILES string of the molecule is C=CS(=O)(=O)Nc1ccc(Cc2ccc(C)c(F)c2)c(-c2cn(C)c(=O)c3ccccc23)c1. The molecule has 7 heteroatoms. The van der Waals surface area contributed by atoms with Crippen LogP contribution in [0.3, 0.4) is 0 Å². The van der Waals surface area contributed by atoms with Crippen LogP contribution in [0.25, 0.3) is 21.9 Å². The minimum Gasteiger partial charge on any atom is -0.317 e. The van der Waals surface area contributed by atoms with Gasteiger partial charge in [-0.15, -0.1) is 0 Å². The summed E-state index contributed by atoms with van der Waals surface area (Å²) in [6.07, 6.45) is 2.17. The maximum Gasteiger partial charge on any atom is 0.258 e. The second kappa shape index (κ2) is 8.67. The molecule has 0 aliphatic rings. The molecule has 0 radical (unpaired) electrons. The predicted molar refractivity (Wildman–Crippen MR) is 131 cm³/mol. The van der Waals surface area contributed by atoms with E-state index >= 15 is 0 Å². The number of aryl methyl sites for hydroxylation is 2. The van der Waals surface area contributed by atoms with E-state index in [4.69, 9.17) is 0 Å². The normalized spacial score (nSPS) is 11.5. The minimum atomic E-state index is -3.70. The summed E-state index contributed by atoms with van der Waals surface area (Å²) in [7, 11) is -2.02. The molecule has 0 atom stereocenters. The molecule has 0 unspecified atom stereocenters. The molecule has 1 aromatic heterocycles. The molecule has 1 N–H and O–H groups in total. The lowest BCUT2D eigenvalue weighted by Gasteiger charge is -2.16. The zero-order chi connectivity index (χ0) is 23.8. The van der Waals surface area contributed by atoms with Crippen LogP contribution in [0.15, 0.2) is 83.6 Å². The Kier molecular flexibility index (Phi) is 5.91. The number of hydrogen-bond donors (Lipinski definition) is 1. The molecule has 0 saturated heterocycles. The number of nitrogens with one attached hydrogen (secondary N) is 1. The first kappa shape index (κ1) is 22.5. The quantitative estimate of drug-likeness (QED) is 0.432. The van der Waals surface area contributed by atoms with E-state index in [-0.39, 0.29) is 11.4 Å². The Balaban J connectivity index is 1.95. The fourth-order valence-corrected chi connectivity index (χ4v) is 4.39. The third-order valence-electron chi connectivity index (χ3n) is 5.60. The topological polar surface area (TPSA) is 68.2 Å². The summed E-state index contributed by atoms with van der Waals surface area (Å²) in [6, 6.07) is 17.6. The smallest absolute Gasteiger partial charge is 0.258 e. The Bertz CT molecular complexity index is 1560. The van der Waals surface area contributed by atoms with Crippen LogP contribution in [0, 0.1) is 12.7 Å². The molecule has 0 amide bonds. The number of pyridine rings is 1. The van der Waals surface area contributed by atoms with Gasteiger partial charge in [0.1, 0.15) is 5.82 Å². The van der Waals surface area contributed by atoms with Crippen molar-refractivity contribution in [1.82, 2.24) is 4.57 Å². The monoisotopic (exact) mass is 462 g/mol. The van der Waals surface area contributed by atoms with Gasteiger partial charge >= 0.3 is 0 Å². The van der Waals surface area contributed by atoms with Crippen molar-refractivity contribution >= 4 is 26.5 Å². The highest BCUT2D eigenvalue weighted by atomic mass is 32.2. The summed E-state index contributed by atoms with van der Waals surface area (Å²) >= 11 is 0. The van der Waals surface area contributed by atoms with Crippen molar-refractivity contribution < 1.29 is 12.8 Å². The van der Waals surface area contributed by atoms with Crippen molar-refractivity contribution in [2.45, 2.75) is 13.3 Å². The van der Waals surface area contributed by atoms with Gasteiger partial charge in [-0.05, 0) is 65.3 Å². The van der Waals surface area contributed by atoms with Gasteiger partial charge in [-0.1, -0.05) is 43.0 Å². The Morgan fingerprint density at radius 1 is 1.03 bits per heavy atom. The molecule has 0 aliphatic carbocycles. The Morgan fingerprint density at radius 3 is 2.45 bits per heavy atom. The third kappa shape index (κ3) is 4.59. The average molecular weight is 463 g/mol. The molecule has 0 aliphatic heterocycles. The van der Waals surface area contributed by atoms with Gasteiger partial charge in [-0.2, -0.15) is 0 Å². The number of benzene rings is 3. The van der Waals surface area contributed by atoms with E-state index in [2.05, 4.69) is 11.3 Å². The lowest BCUT2D eigenvalue weighted by molar-refractivity contribution is 0.609. The Morgan fingerprint density at radius 2 is 1.76 bits per heavy atom.